The molecule has 1 heterocycles. The molecule has 0 spiro atoms. The van der Waals surface area contributed by atoms with Gasteiger partial charge in [-0.1, -0.05) is 18.2 Å². The summed E-state index contributed by atoms with van der Waals surface area (Å²) in [6.07, 6.45) is 0. The van der Waals surface area contributed by atoms with Gasteiger partial charge < -0.3 is 5.11 Å². The number of hydrogen-bond acceptors (Lipinski definition) is 5. The Labute approximate surface area is 122 Å². The third-order valence-corrected chi connectivity index (χ3v) is 3.90. The first kappa shape index (κ1) is 15.4. The van der Waals surface area contributed by atoms with Crippen molar-refractivity contribution in [1.29, 1.82) is 0 Å². The van der Waals surface area contributed by atoms with Crippen LogP contribution in [0.3, 0.4) is 0 Å². The summed E-state index contributed by atoms with van der Waals surface area (Å²) in [6, 6.07) is 6.72. The lowest BCUT2D eigenvalue weighted by Gasteiger charge is -2.37. The maximum Gasteiger partial charge on any atom is 0.317 e. The Kier molecular flexibility index (Phi) is 4.87. The largest absolute Gasteiger partial charge is 0.480 e. The summed E-state index contributed by atoms with van der Waals surface area (Å²) in [5, 5.41) is 19.9. The molecule has 0 radical (unpaired) electrons. The Morgan fingerprint density at radius 1 is 1.33 bits per heavy atom. The molecule has 0 aromatic heterocycles. The lowest BCUT2D eigenvalue weighted by molar-refractivity contribution is -0.386. The second-order valence-electron chi connectivity index (χ2n) is 5.20. The third-order valence-electron chi connectivity index (χ3n) is 3.90. The van der Waals surface area contributed by atoms with E-state index in [0.29, 0.717) is 31.7 Å². The van der Waals surface area contributed by atoms with Crippen molar-refractivity contribution in [1.82, 2.24) is 9.80 Å². The minimum atomic E-state index is -0.824. The molecule has 0 aliphatic carbocycles. The number of para-hydroxylation sites is 1. The van der Waals surface area contributed by atoms with Crippen molar-refractivity contribution in [3.8, 4) is 0 Å². The highest BCUT2D eigenvalue weighted by Gasteiger charge is 2.26. The van der Waals surface area contributed by atoms with E-state index in [0.717, 1.165) is 0 Å². The van der Waals surface area contributed by atoms with E-state index in [1.165, 1.54) is 6.07 Å². The molecule has 0 saturated carbocycles. The van der Waals surface area contributed by atoms with Crippen LogP contribution in [0.15, 0.2) is 24.3 Å². The molecule has 1 N–H and O–H groups in total. The maximum atomic E-state index is 11.1. The van der Waals surface area contributed by atoms with Crippen LogP contribution in [0.4, 0.5) is 5.69 Å². The number of nitrogens with zero attached hydrogens (tertiary/aromatic N) is 3. The third kappa shape index (κ3) is 3.77. The van der Waals surface area contributed by atoms with Gasteiger partial charge in [0.15, 0.2) is 0 Å². The summed E-state index contributed by atoms with van der Waals surface area (Å²) < 4.78 is 0. The zero-order valence-corrected chi connectivity index (χ0v) is 11.9. The minimum absolute atomic E-state index is 0.0493. The number of carboxylic acid groups (broad SMARTS) is 1. The summed E-state index contributed by atoms with van der Waals surface area (Å²) in [6.45, 7) is 4.75. The molecule has 1 saturated heterocycles. The number of nitro groups is 1. The van der Waals surface area contributed by atoms with E-state index in [9.17, 15) is 14.9 Å². The van der Waals surface area contributed by atoms with Crippen LogP contribution in [0.2, 0.25) is 0 Å². The van der Waals surface area contributed by atoms with Gasteiger partial charge in [-0.25, -0.2) is 0 Å². The fourth-order valence-corrected chi connectivity index (χ4v) is 2.70. The molecule has 1 aliphatic rings. The van der Waals surface area contributed by atoms with Crippen LogP contribution in [0.1, 0.15) is 18.5 Å². The fraction of sp³-hybridized carbons (Fsp3) is 0.500. The average Bonchev–Trinajstić information content (AvgIpc) is 2.46. The van der Waals surface area contributed by atoms with E-state index >= 15 is 0 Å². The summed E-state index contributed by atoms with van der Waals surface area (Å²) in [7, 11) is 0. The van der Waals surface area contributed by atoms with Gasteiger partial charge in [-0.3, -0.25) is 24.7 Å². The molecule has 0 amide bonds. The van der Waals surface area contributed by atoms with Crippen molar-refractivity contribution in [3.63, 3.8) is 0 Å². The summed E-state index contributed by atoms with van der Waals surface area (Å²) in [5.41, 5.74) is 0.840. The van der Waals surface area contributed by atoms with Gasteiger partial charge in [0.05, 0.1) is 11.5 Å². The van der Waals surface area contributed by atoms with Crippen molar-refractivity contribution >= 4 is 11.7 Å². The van der Waals surface area contributed by atoms with Crippen molar-refractivity contribution < 1.29 is 14.8 Å². The van der Waals surface area contributed by atoms with Crippen LogP contribution >= 0.6 is 0 Å². The number of benzene rings is 1. The predicted molar refractivity (Wildman–Crippen MR) is 77.2 cm³/mol. The van der Waals surface area contributed by atoms with Crippen LogP contribution in [0, 0.1) is 10.1 Å². The van der Waals surface area contributed by atoms with E-state index in [4.69, 9.17) is 5.11 Å². The first-order valence-corrected chi connectivity index (χ1v) is 6.90. The van der Waals surface area contributed by atoms with Gasteiger partial charge in [0.25, 0.3) is 5.69 Å². The van der Waals surface area contributed by atoms with Gasteiger partial charge in [0.2, 0.25) is 0 Å². The number of rotatable bonds is 5. The molecule has 114 valence electrons. The average molecular weight is 293 g/mol. The van der Waals surface area contributed by atoms with Gasteiger partial charge in [-0.2, -0.15) is 0 Å². The standard InChI is InChI=1S/C14H19N3O4/c1-11(12-4-2-3-5-13(12)17(20)21)16-8-6-15(7-9-16)10-14(18)19/h2-5,11H,6-10H2,1H3,(H,18,19). The molecule has 1 aromatic rings. The van der Waals surface area contributed by atoms with Gasteiger partial charge in [0.1, 0.15) is 0 Å². The molecule has 1 aromatic carbocycles. The summed E-state index contributed by atoms with van der Waals surface area (Å²) in [4.78, 5) is 25.5. The first-order valence-electron chi connectivity index (χ1n) is 6.90. The Morgan fingerprint density at radius 3 is 2.52 bits per heavy atom. The van der Waals surface area contributed by atoms with Crippen molar-refractivity contribution in [2.24, 2.45) is 0 Å². The van der Waals surface area contributed by atoms with E-state index in [2.05, 4.69) is 4.90 Å². The first-order chi connectivity index (χ1) is 9.99. The molecular formula is C14H19N3O4. The quantitative estimate of drug-likeness (QED) is 0.651. The zero-order chi connectivity index (χ0) is 15.4. The summed E-state index contributed by atoms with van der Waals surface area (Å²) >= 11 is 0. The van der Waals surface area contributed by atoms with E-state index < -0.39 is 5.97 Å². The highest BCUT2D eigenvalue weighted by molar-refractivity contribution is 5.69. The molecule has 7 nitrogen and oxygen atoms in total. The SMILES string of the molecule is CC(c1ccccc1[N+](=O)[O-])N1CCN(CC(=O)O)CC1. The van der Waals surface area contributed by atoms with E-state index in [1.54, 1.807) is 18.2 Å². The lowest BCUT2D eigenvalue weighted by atomic mass is 10.0. The Hall–Kier alpha value is -1.99. The molecule has 1 atom stereocenters. The van der Waals surface area contributed by atoms with Crippen molar-refractivity contribution in [2.45, 2.75) is 13.0 Å². The van der Waals surface area contributed by atoms with Crippen molar-refractivity contribution in [3.05, 3.63) is 39.9 Å². The van der Waals surface area contributed by atoms with E-state index in [1.807, 2.05) is 11.8 Å². The molecule has 21 heavy (non-hydrogen) atoms. The fourth-order valence-electron chi connectivity index (χ4n) is 2.70. The van der Waals surface area contributed by atoms with Gasteiger partial charge >= 0.3 is 5.97 Å². The number of carbonyl (C=O) groups is 1. The number of aliphatic carboxylic acids is 1. The van der Waals surface area contributed by atoms with Gasteiger partial charge in [0, 0.05) is 43.9 Å². The van der Waals surface area contributed by atoms with Crippen LogP contribution < -0.4 is 0 Å². The van der Waals surface area contributed by atoms with Crippen LogP contribution in [0.5, 0.6) is 0 Å². The topological polar surface area (TPSA) is 86.9 Å². The summed E-state index contributed by atoms with van der Waals surface area (Å²) in [5.74, 6) is -0.824. The van der Waals surface area contributed by atoms with Crippen LogP contribution in [-0.2, 0) is 4.79 Å². The number of piperazine rings is 1. The molecule has 1 aliphatic heterocycles. The maximum absolute atomic E-state index is 11.1. The van der Waals surface area contributed by atoms with Gasteiger partial charge in [-0.05, 0) is 6.92 Å². The Bertz CT molecular complexity index is 527. The minimum Gasteiger partial charge on any atom is -0.480 e. The lowest BCUT2D eigenvalue weighted by Crippen LogP contribution is -2.48. The second-order valence-corrected chi connectivity index (χ2v) is 5.20. The number of carboxylic acids is 1. The van der Waals surface area contributed by atoms with E-state index in [-0.39, 0.29) is 23.2 Å². The molecule has 7 heteroatoms. The highest BCUT2D eigenvalue weighted by Crippen LogP contribution is 2.29. The molecular weight excluding hydrogens is 274 g/mol. The Balaban J connectivity index is 2.04. The van der Waals surface area contributed by atoms with Crippen LogP contribution in [-0.4, -0.2) is 58.5 Å². The molecule has 1 fully saturated rings. The number of hydrogen-bond donors (Lipinski definition) is 1. The predicted octanol–water partition coefficient (Wildman–Crippen LogP) is 1.36. The van der Waals surface area contributed by atoms with Gasteiger partial charge in [-0.15, -0.1) is 0 Å². The highest BCUT2D eigenvalue weighted by atomic mass is 16.6. The Morgan fingerprint density at radius 2 is 1.95 bits per heavy atom. The van der Waals surface area contributed by atoms with Crippen molar-refractivity contribution in [2.75, 3.05) is 32.7 Å². The number of nitro benzene ring substituents is 1. The second kappa shape index (κ2) is 6.64. The zero-order valence-electron chi connectivity index (χ0n) is 11.9. The molecule has 1 unspecified atom stereocenters. The monoisotopic (exact) mass is 293 g/mol. The smallest absolute Gasteiger partial charge is 0.317 e. The normalized spacial score (nSPS) is 18.3. The van der Waals surface area contributed by atoms with Crippen LogP contribution in [0.25, 0.3) is 0 Å². The molecule has 2 rings (SSSR count). The molecule has 0 bridgehead atoms.